The molecule has 0 unspecified atom stereocenters. The molecule has 1 saturated carbocycles. The van der Waals surface area contributed by atoms with Crippen LogP contribution in [0.1, 0.15) is 39.9 Å². The second-order valence-electron chi connectivity index (χ2n) is 7.61. The number of nitrogens with zero attached hydrogens (tertiary/aromatic N) is 3. The zero-order chi connectivity index (χ0) is 21.8. The van der Waals surface area contributed by atoms with Gasteiger partial charge in [-0.2, -0.15) is 5.26 Å². The van der Waals surface area contributed by atoms with Crippen molar-refractivity contribution in [3.63, 3.8) is 0 Å². The lowest BCUT2D eigenvalue weighted by atomic mass is 10.1. The van der Waals surface area contributed by atoms with Gasteiger partial charge in [-0.15, -0.1) is 0 Å². The Labute approximate surface area is 179 Å². The fourth-order valence-electron chi connectivity index (χ4n) is 3.39. The average molecular weight is 418 g/mol. The summed E-state index contributed by atoms with van der Waals surface area (Å²) in [5, 5.41) is 11.7. The fourth-order valence-corrected chi connectivity index (χ4v) is 3.39. The minimum absolute atomic E-state index is 0.294. The van der Waals surface area contributed by atoms with Crippen LogP contribution in [0.5, 0.6) is 0 Å². The van der Waals surface area contributed by atoms with E-state index in [2.05, 4.69) is 15.2 Å². The summed E-state index contributed by atoms with van der Waals surface area (Å²) in [5.41, 5.74) is 3.09. The van der Waals surface area contributed by atoms with Gasteiger partial charge in [0.05, 0.1) is 17.2 Å². The van der Waals surface area contributed by atoms with Crippen LogP contribution in [0, 0.1) is 23.0 Å². The maximum Gasteiger partial charge on any atom is 0.257 e. The summed E-state index contributed by atoms with van der Waals surface area (Å²) in [6, 6.07) is 14.8. The molecule has 0 aliphatic heterocycles. The molecule has 5 nitrogen and oxygen atoms in total. The van der Waals surface area contributed by atoms with Crippen LogP contribution in [0.25, 0.3) is 0 Å². The van der Waals surface area contributed by atoms with E-state index in [1.54, 1.807) is 42.6 Å². The summed E-state index contributed by atoms with van der Waals surface area (Å²) >= 11 is 0. The molecule has 0 spiro atoms. The van der Waals surface area contributed by atoms with E-state index in [0.717, 1.165) is 24.5 Å². The third kappa shape index (κ3) is 5.30. The van der Waals surface area contributed by atoms with Crippen LogP contribution < -0.4 is 5.32 Å². The number of amides is 1. The number of hydrogen-bond donors (Lipinski definition) is 1. The third-order valence-corrected chi connectivity index (χ3v) is 5.15. The highest BCUT2D eigenvalue weighted by atomic mass is 19.2. The molecule has 1 aliphatic rings. The van der Waals surface area contributed by atoms with E-state index in [9.17, 15) is 13.6 Å². The maximum atomic E-state index is 13.6. The lowest BCUT2D eigenvalue weighted by molar-refractivity contribution is 0.102. The molecule has 1 N–H and O–H groups in total. The second kappa shape index (κ2) is 9.02. The Morgan fingerprint density at radius 1 is 1.03 bits per heavy atom. The number of nitriles is 1. The first-order valence-corrected chi connectivity index (χ1v) is 9.95. The minimum atomic E-state index is -0.855. The largest absolute Gasteiger partial charge is 0.322 e. The van der Waals surface area contributed by atoms with Crippen LogP contribution in [0.4, 0.5) is 14.5 Å². The smallest absolute Gasteiger partial charge is 0.257 e. The van der Waals surface area contributed by atoms with Crippen molar-refractivity contribution < 1.29 is 13.6 Å². The van der Waals surface area contributed by atoms with E-state index < -0.39 is 11.6 Å². The highest BCUT2D eigenvalue weighted by Gasteiger charge is 2.29. The highest BCUT2D eigenvalue weighted by Crippen LogP contribution is 2.30. The Hall–Kier alpha value is -3.63. The number of carbonyl (C=O) groups excluding carboxylic acids is 1. The van der Waals surface area contributed by atoms with Crippen LogP contribution in [-0.2, 0) is 13.1 Å². The SMILES string of the molecule is N#Cc1ccc(NC(=O)c2cncc(CN(Cc3ccc(F)c(F)c3)C3CC3)c2)cc1. The molecule has 1 aromatic heterocycles. The van der Waals surface area contributed by atoms with Gasteiger partial charge in [0.25, 0.3) is 5.91 Å². The average Bonchev–Trinajstić information content (AvgIpc) is 3.62. The number of hydrogen-bond acceptors (Lipinski definition) is 4. The fraction of sp³-hybridized carbons (Fsp3) is 0.208. The van der Waals surface area contributed by atoms with E-state index in [0.29, 0.717) is 41.5 Å². The number of rotatable bonds is 7. The summed E-state index contributed by atoms with van der Waals surface area (Å²) in [7, 11) is 0. The van der Waals surface area contributed by atoms with E-state index in [1.807, 2.05) is 6.07 Å². The van der Waals surface area contributed by atoms with Crippen molar-refractivity contribution in [2.45, 2.75) is 32.0 Å². The number of benzene rings is 2. The molecule has 0 atom stereocenters. The van der Waals surface area contributed by atoms with Crippen LogP contribution in [0.15, 0.2) is 60.9 Å². The Morgan fingerprint density at radius 3 is 2.45 bits per heavy atom. The molecular formula is C24H20F2N4O. The monoisotopic (exact) mass is 418 g/mol. The Bertz CT molecular complexity index is 1140. The molecule has 0 bridgehead atoms. The van der Waals surface area contributed by atoms with Crippen LogP contribution in [-0.4, -0.2) is 21.8 Å². The number of anilines is 1. The number of nitrogens with one attached hydrogen (secondary N) is 1. The molecule has 1 heterocycles. The van der Waals surface area contributed by atoms with Crippen molar-refractivity contribution in [3.8, 4) is 6.07 Å². The lowest BCUT2D eigenvalue weighted by Gasteiger charge is -2.22. The quantitative estimate of drug-likeness (QED) is 0.607. The Morgan fingerprint density at radius 2 is 1.77 bits per heavy atom. The highest BCUT2D eigenvalue weighted by molar-refractivity contribution is 6.04. The van der Waals surface area contributed by atoms with E-state index in [4.69, 9.17) is 5.26 Å². The van der Waals surface area contributed by atoms with Crippen molar-refractivity contribution in [3.05, 3.63) is 94.8 Å². The van der Waals surface area contributed by atoms with E-state index in [1.165, 1.54) is 12.3 Å². The van der Waals surface area contributed by atoms with Crippen LogP contribution in [0.2, 0.25) is 0 Å². The van der Waals surface area contributed by atoms with Gasteiger partial charge in [0.2, 0.25) is 0 Å². The summed E-state index contributed by atoms with van der Waals surface area (Å²) in [6.07, 6.45) is 5.31. The first kappa shape index (κ1) is 20.6. The van der Waals surface area contributed by atoms with Crippen LogP contribution in [0.3, 0.4) is 0 Å². The molecule has 4 rings (SSSR count). The predicted molar refractivity (Wildman–Crippen MR) is 112 cm³/mol. The molecule has 31 heavy (non-hydrogen) atoms. The third-order valence-electron chi connectivity index (χ3n) is 5.15. The molecule has 1 aliphatic carbocycles. The van der Waals surface area contributed by atoms with Gasteiger partial charge in [-0.1, -0.05) is 6.07 Å². The molecule has 1 fully saturated rings. The van der Waals surface area contributed by atoms with E-state index >= 15 is 0 Å². The number of halogens is 2. The summed E-state index contributed by atoms with van der Waals surface area (Å²) in [4.78, 5) is 19.0. The van der Waals surface area contributed by atoms with Crippen molar-refractivity contribution in [2.75, 3.05) is 5.32 Å². The second-order valence-corrected chi connectivity index (χ2v) is 7.61. The molecule has 156 valence electrons. The topological polar surface area (TPSA) is 69.0 Å². The van der Waals surface area contributed by atoms with Gasteiger partial charge in [0.1, 0.15) is 0 Å². The van der Waals surface area contributed by atoms with Crippen molar-refractivity contribution in [1.82, 2.24) is 9.88 Å². The van der Waals surface area contributed by atoms with E-state index in [-0.39, 0.29) is 5.91 Å². The van der Waals surface area contributed by atoms with Gasteiger partial charge < -0.3 is 5.32 Å². The van der Waals surface area contributed by atoms with Gasteiger partial charge in [-0.3, -0.25) is 14.7 Å². The standard InChI is InChI=1S/C24H20F2N4O/c25-22-8-3-17(10-23(22)26)14-30(21-6-7-21)15-18-9-19(13-28-12-18)24(31)29-20-4-1-16(11-27)2-5-20/h1-5,8-10,12-13,21H,6-7,14-15H2,(H,29,31). The summed E-state index contributed by atoms with van der Waals surface area (Å²) < 4.78 is 26.8. The minimum Gasteiger partial charge on any atom is -0.322 e. The van der Waals surface area contributed by atoms with Gasteiger partial charge in [0.15, 0.2) is 11.6 Å². The molecule has 2 aromatic carbocycles. The Balaban J connectivity index is 1.45. The van der Waals surface area contributed by atoms with Crippen LogP contribution >= 0.6 is 0 Å². The molecule has 7 heteroatoms. The molecule has 0 saturated heterocycles. The maximum absolute atomic E-state index is 13.6. The van der Waals surface area contributed by atoms with Crippen molar-refractivity contribution >= 4 is 11.6 Å². The number of aromatic nitrogens is 1. The zero-order valence-electron chi connectivity index (χ0n) is 16.7. The van der Waals surface area contributed by atoms with Crippen molar-refractivity contribution in [1.29, 1.82) is 5.26 Å². The van der Waals surface area contributed by atoms with Gasteiger partial charge in [-0.25, -0.2) is 8.78 Å². The van der Waals surface area contributed by atoms with Gasteiger partial charge in [0, 0.05) is 37.2 Å². The first-order valence-electron chi connectivity index (χ1n) is 9.95. The first-order chi connectivity index (χ1) is 15.0. The summed E-state index contributed by atoms with van der Waals surface area (Å²) in [6.45, 7) is 1.04. The van der Waals surface area contributed by atoms with Gasteiger partial charge in [-0.05, 0) is 66.4 Å². The summed E-state index contributed by atoms with van der Waals surface area (Å²) in [5.74, 6) is -2.00. The molecule has 0 radical (unpaired) electrons. The molecule has 3 aromatic rings. The Kier molecular flexibility index (Phi) is 6.01. The van der Waals surface area contributed by atoms with Crippen molar-refractivity contribution in [2.24, 2.45) is 0 Å². The zero-order valence-corrected chi connectivity index (χ0v) is 16.7. The lowest BCUT2D eigenvalue weighted by Crippen LogP contribution is -2.25. The normalized spacial score (nSPS) is 13.1. The number of pyridine rings is 1. The number of carbonyl (C=O) groups is 1. The molecular weight excluding hydrogens is 398 g/mol. The van der Waals surface area contributed by atoms with Gasteiger partial charge >= 0.3 is 0 Å². The predicted octanol–water partition coefficient (Wildman–Crippen LogP) is 4.65. The molecule has 1 amide bonds.